The van der Waals surface area contributed by atoms with Crippen LogP contribution in [0.4, 0.5) is 18.9 Å². The van der Waals surface area contributed by atoms with Crippen LogP contribution in [0.1, 0.15) is 12.5 Å². The van der Waals surface area contributed by atoms with Gasteiger partial charge in [0.05, 0.1) is 5.69 Å². The van der Waals surface area contributed by atoms with Crippen LogP contribution in [0.2, 0.25) is 0 Å². The number of benzene rings is 1. The Morgan fingerprint density at radius 1 is 1.36 bits per heavy atom. The molecule has 0 aliphatic rings. The summed E-state index contributed by atoms with van der Waals surface area (Å²) >= 11 is 0. The van der Waals surface area contributed by atoms with Crippen LogP contribution < -0.4 is 15.4 Å². The first kappa shape index (κ1) is 20.5. The van der Waals surface area contributed by atoms with Crippen molar-refractivity contribution in [3.63, 3.8) is 0 Å². The molecular weight excluding hydrogens is 321 g/mol. The van der Waals surface area contributed by atoms with E-state index in [1.54, 1.807) is 27.0 Å². The van der Waals surface area contributed by atoms with E-state index in [2.05, 4.69) is 10.6 Å². The molecule has 0 fully saturated rings. The van der Waals surface area contributed by atoms with E-state index in [1.165, 1.54) is 12.1 Å². The second kappa shape index (κ2) is 8.85. The molecule has 0 aliphatic carbocycles. The van der Waals surface area contributed by atoms with Gasteiger partial charge in [-0.3, -0.25) is 4.79 Å². The quantitative estimate of drug-likeness (QED) is 0.836. The van der Waals surface area contributed by atoms with Gasteiger partial charge in [0, 0.05) is 12.5 Å². The van der Waals surface area contributed by atoms with Crippen molar-refractivity contribution < 1.29 is 22.7 Å². The molecule has 1 unspecified atom stereocenters. The lowest BCUT2D eigenvalue weighted by atomic mass is 10.1. The summed E-state index contributed by atoms with van der Waals surface area (Å²) in [4.78, 5) is 11.9. The van der Waals surface area contributed by atoms with E-state index in [4.69, 9.17) is 4.74 Å². The van der Waals surface area contributed by atoms with E-state index in [0.717, 1.165) is 5.56 Å². The van der Waals surface area contributed by atoms with Crippen molar-refractivity contribution in [3.05, 3.63) is 23.8 Å². The molecule has 22 heavy (non-hydrogen) atoms. The Balaban J connectivity index is 0.00000441. The summed E-state index contributed by atoms with van der Waals surface area (Å²) in [7, 11) is 1.72. The molecule has 0 heterocycles. The lowest BCUT2D eigenvalue weighted by Crippen LogP contribution is -2.29. The van der Waals surface area contributed by atoms with Crippen molar-refractivity contribution in [2.45, 2.75) is 20.0 Å². The summed E-state index contributed by atoms with van der Waals surface area (Å²) in [5.74, 6) is -0.589. The number of alkyl halides is 3. The zero-order valence-corrected chi connectivity index (χ0v) is 13.4. The molecular formula is C14H20ClF3N2O2. The lowest BCUT2D eigenvalue weighted by Gasteiger charge is -2.16. The average molecular weight is 341 g/mol. The van der Waals surface area contributed by atoms with E-state index in [1.807, 2.05) is 0 Å². The smallest absolute Gasteiger partial charge is 0.422 e. The zero-order chi connectivity index (χ0) is 16.0. The first-order valence-corrected chi connectivity index (χ1v) is 6.48. The minimum absolute atomic E-state index is 0. The summed E-state index contributed by atoms with van der Waals surface area (Å²) < 4.78 is 41.5. The van der Waals surface area contributed by atoms with Crippen molar-refractivity contribution in [1.29, 1.82) is 0 Å². The van der Waals surface area contributed by atoms with Crippen LogP contribution in [0, 0.1) is 12.8 Å². The van der Waals surface area contributed by atoms with Gasteiger partial charge in [-0.2, -0.15) is 13.2 Å². The Labute approximate surface area is 133 Å². The average Bonchev–Trinajstić information content (AvgIpc) is 2.38. The summed E-state index contributed by atoms with van der Waals surface area (Å²) in [5, 5.41) is 5.45. The maximum Gasteiger partial charge on any atom is 0.422 e. The number of rotatable bonds is 6. The number of carbonyl (C=O) groups excluding carboxylic acids is 1. The first-order chi connectivity index (χ1) is 9.73. The highest BCUT2D eigenvalue weighted by Crippen LogP contribution is 2.28. The normalized spacial score (nSPS) is 12.3. The predicted molar refractivity (Wildman–Crippen MR) is 81.7 cm³/mol. The number of anilines is 1. The largest absolute Gasteiger partial charge is 0.482 e. The highest BCUT2D eigenvalue weighted by Gasteiger charge is 2.29. The van der Waals surface area contributed by atoms with Gasteiger partial charge in [0.2, 0.25) is 5.91 Å². The maximum atomic E-state index is 12.2. The summed E-state index contributed by atoms with van der Waals surface area (Å²) in [6.07, 6.45) is -4.43. The number of amides is 1. The first-order valence-electron chi connectivity index (χ1n) is 6.48. The molecule has 126 valence electrons. The molecule has 0 spiro atoms. The van der Waals surface area contributed by atoms with Crippen molar-refractivity contribution >= 4 is 24.0 Å². The number of hydrogen-bond donors (Lipinski definition) is 2. The molecule has 8 heteroatoms. The second-order valence-corrected chi connectivity index (χ2v) is 4.85. The fourth-order valence-corrected chi connectivity index (χ4v) is 1.67. The van der Waals surface area contributed by atoms with Crippen LogP contribution in [0.3, 0.4) is 0 Å². The Kier molecular flexibility index (Phi) is 8.26. The highest BCUT2D eigenvalue weighted by atomic mass is 35.5. The Bertz CT molecular complexity index is 495. The molecule has 1 rings (SSSR count). The molecule has 0 bridgehead atoms. The topological polar surface area (TPSA) is 50.4 Å². The number of carbonyl (C=O) groups is 1. The molecule has 0 aromatic heterocycles. The minimum Gasteiger partial charge on any atom is -0.482 e. The van der Waals surface area contributed by atoms with Crippen LogP contribution in [0.25, 0.3) is 0 Å². The number of aryl methyl sites for hydroxylation is 1. The molecule has 1 aromatic rings. The third-order valence-electron chi connectivity index (χ3n) is 2.74. The zero-order valence-electron chi connectivity index (χ0n) is 12.6. The van der Waals surface area contributed by atoms with Crippen LogP contribution >= 0.6 is 12.4 Å². The summed E-state index contributed by atoms with van der Waals surface area (Å²) in [5.41, 5.74) is 0.978. The lowest BCUT2D eigenvalue weighted by molar-refractivity contribution is -0.153. The van der Waals surface area contributed by atoms with Crippen LogP contribution in [-0.4, -0.2) is 32.3 Å². The van der Waals surface area contributed by atoms with E-state index in [-0.39, 0.29) is 35.7 Å². The van der Waals surface area contributed by atoms with Gasteiger partial charge in [0.1, 0.15) is 5.75 Å². The molecule has 1 amide bonds. The molecule has 2 N–H and O–H groups in total. The van der Waals surface area contributed by atoms with Gasteiger partial charge >= 0.3 is 6.18 Å². The van der Waals surface area contributed by atoms with E-state index in [9.17, 15) is 18.0 Å². The van der Waals surface area contributed by atoms with Crippen molar-refractivity contribution in [2.75, 3.05) is 25.5 Å². The third-order valence-corrected chi connectivity index (χ3v) is 2.74. The van der Waals surface area contributed by atoms with Crippen LogP contribution in [0.5, 0.6) is 5.75 Å². The van der Waals surface area contributed by atoms with E-state index in [0.29, 0.717) is 6.54 Å². The molecule has 0 saturated carbocycles. The number of hydrogen-bond acceptors (Lipinski definition) is 3. The van der Waals surface area contributed by atoms with E-state index < -0.39 is 12.8 Å². The highest BCUT2D eigenvalue weighted by molar-refractivity contribution is 5.93. The standard InChI is InChI=1S/C14H19F3N2O2.ClH/c1-9-4-5-11(19-13(20)10(2)7-18-3)12(6-9)21-8-14(15,16)17;/h4-6,10,18H,7-8H2,1-3H3,(H,19,20);1H. The van der Waals surface area contributed by atoms with Crippen molar-refractivity contribution in [2.24, 2.45) is 5.92 Å². The maximum absolute atomic E-state index is 12.2. The summed E-state index contributed by atoms with van der Waals surface area (Å²) in [6, 6.07) is 4.69. The fourth-order valence-electron chi connectivity index (χ4n) is 1.67. The fraction of sp³-hybridized carbons (Fsp3) is 0.500. The van der Waals surface area contributed by atoms with Gasteiger partial charge in [0.25, 0.3) is 0 Å². The SMILES string of the molecule is CNCC(C)C(=O)Nc1ccc(C)cc1OCC(F)(F)F.Cl. The number of nitrogens with one attached hydrogen (secondary N) is 2. The third kappa shape index (κ3) is 7.00. The van der Waals surface area contributed by atoms with Gasteiger partial charge in [-0.25, -0.2) is 0 Å². The predicted octanol–water partition coefficient (Wildman–Crippen LogP) is 3.15. The molecule has 0 aliphatic heterocycles. The Morgan fingerprint density at radius 3 is 2.55 bits per heavy atom. The van der Waals surface area contributed by atoms with Gasteiger partial charge in [-0.15, -0.1) is 12.4 Å². The van der Waals surface area contributed by atoms with Gasteiger partial charge in [-0.1, -0.05) is 13.0 Å². The van der Waals surface area contributed by atoms with Crippen molar-refractivity contribution in [3.8, 4) is 5.75 Å². The Hall–Kier alpha value is -1.47. The molecule has 1 atom stereocenters. The van der Waals surface area contributed by atoms with Crippen LogP contribution in [-0.2, 0) is 4.79 Å². The van der Waals surface area contributed by atoms with Gasteiger partial charge < -0.3 is 15.4 Å². The van der Waals surface area contributed by atoms with Gasteiger partial charge in [0.15, 0.2) is 6.61 Å². The van der Waals surface area contributed by atoms with Crippen molar-refractivity contribution in [1.82, 2.24) is 5.32 Å². The number of halogens is 4. The molecule has 4 nitrogen and oxygen atoms in total. The monoisotopic (exact) mass is 340 g/mol. The summed E-state index contributed by atoms with van der Waals surface area (Å²) in [6.45, 7) is 2.52. The number of ether oxygens (including phenoxy) is 1. The van der Waals surface area contributed by atoms with Crippen LogP contribution in [0.15, 0.2) is 18.2 Å². The molecule has 1 aromatic carbocycles. The Morgan fingerprint density at radius 2 is 2.00 bits per heavy atom. The molecule has 0 radical (unpaired) electrons. The van der Waals surface area contributed by atoms with Gasteiger partial charge in [-0.05, 0) is 31.7 Å². The minimum atomic E-state index is -4.43. The van der Waals surface area contributed by atoms with E-state index >= 15 is 0 Å². The molecule has 0 saturated heterocycles. The second-order valence-electron chi connectivity index (χ2n) is 4.85.